The maximum absolute atomic E-state index is 15.1. The summed E-state index contributed by atoms with van der Waals surface area (Å²) < 4.78 is 42.6. The van der Waals surface area contributed by atoms with Gasteiger partial charge in [0, 0.05) is 17.2 Å². The van der Waals surface area contributed by atoms with Crippen LogP contribution in [0.25, 0.3) is 11.0 Å². The molecule has 0 aliphatic rings. The molecule has 0 amide bonds. The Morgan fingerprint density at radius 2 is 1.64 bits per heavy atom. The number of carbonyl (C=O) groups excluding carboxylic acids is 2. The molecule has 0 spiro atoms. The number of aromatic amines is 1. The summed E-state index contributed by atoms with van der Waals surface area (Å²) >= 11 is 0. The lowest BCUT2D eigenvalue weighted by Crippen LogP contribution is -2.25. The summed E-state index contributed by atoms with van der Waals surface area (Å²) in [7, 11) is 0. The second-order valence-corrected chi connectivity index (χ2v) is 7.37. The molecular weight excluding hydrogens is 437 g/mol. The van der Waals surface area contributed by atoms with E-state index in [0.29, 0.717) is 17.1 Å². The first-order valence-electron chi connectivity index (χ1n) is 9.86. The minimum absolute atomic E-state index is 0.136. The zero-order chi connectivity index (χ0) is 23.7. The number of nitrogens with zero attached hydrogens (tertiary/aromatic N) is 1. The molecule has 0 saturated carbocycles. The Morgan fingerprint density at radius 1 is 0.939 bits per heavy atom. The van der Waals surface area contributed by atoms with Gasteiger partial charge in [-0.25, -0.2) is 18.2 Å². The van der Waals surface area contributed by atoms with Crippen molar-refractivity contribution >= 4 is 22.6 Å². The highest BCUT2D eigenvalue weighted by Crippen LogP contribution is 2.29. The van der Waals surface area contributed by atoms with E-state index in [4.69, 9.17) is 5.11 Å². The first-order valence-corrected chi connectivity index (χ1v) is 9.86. The highest BCUT2D eigenvalue weighted by Gasteiger charge is 2.35. The Kier molecular flexibility index (Phi) is 6.08. The summed E-state index contributed by atoms with van der Waals surface area (Å²) in [6, 6.07) is 12.4. The monoisotopic (exact) mass is 454 g/mol. The van der Waals surface area contributed by atoms with Crippen LogP contribution in [-0.2, 0) is 0 Å². The molecule has 33 heavy (non-hydrogen) atoms. The number of ketones is 2. The van der Waals surface area contributed by atoms with Crippen LogP contribution >= 0.6 is 0 Å². The molecule has 0 bridgehead atoms. The Morgan fingerprint density at radius 3 is 2.30 bits per heavy atom. The van der Waals surface area contributed by atoms with Gasteiger partial charge >= 0.3 is 0 Å². The number of benzene rings is 3. The maximum Gasteiger partial charge on any atom is 0.184 e. The number of H-pyrrole nitrogens is 1. The van der Waals surface area contributed by atoms with Gasteiger partial charge in [-0.1, -0.05) is 24.3 Å². The average molecular weight is 454 g/mol. The molecular formula is C24H17F3N2O4. The van der Waals surface area contributed by atoms with Crippen molar-refractivity contribution in [3.63, 3.8) is 0 Å². The van der Waals surface area contributed by atoms with Crippen molar-refractivity contribution < 1.29 is 33.0 Å². The number of Topliss-reactive ketones (excluding diaryl/α,β-unsaturated/α-hetero) is 2. The fourth-order valence-electron chi connectivity index (χ4n) is 3.59. The number of aliphatic hydroxyl groups is 2. The summed E-state index contributed by atoms with van der Waals surface area (Å²) in [5.41, 5.74) is -0.396. The van der Waals surface area contributed by atoms with Crippen molar-refractivity contribution in [1.29, 1.82) is 0 Å². The van der Waals surface area contributed by atoms with E-state index >= 15 is 4.39 Å². The standard InChI is InChI=1S/C24H17F3N2O4/c25-13-8-12(9-14(26)10-13)22(32)20(24-28-17-6-1-2-7-18(17)29-24)23(33)16-5-3-4-15(21(16)27)19(31)11-30/h1-10,19-20,30-31H,11H2,(H,28,29). The van der Waals surface area contributed by atoms with Crippen LogP contribution in [-0.4, -0.2) is 38.4 Å². The lowest BCUT2D eigenvalue weighted by Gasteiger charge is -2.16. The molecule has 0 saturated heterocycles. The molecule has 0 aliphatic heterocycles. The number of aromatic nitrogens is 2. The number of imidazole rings is 1. The second kappa shape index (κ2) is 8.97. The van der Waals surface area contributed by atoms with E-state index in [1.54, 1.807) is 24.3 Å². The number of halogens is 3. The predicted octanol–water partition coefficient (Wildman–Crippen LogP) is 3.86. The van der Waals surface area contributed by atoms with Crippen LogP contribution in [0.4, 0.5) is 13.2 Å². The van der Waals surface area contributed by atoms with Crippen molar-refractivity contribution in [2.75, 3.05) is 6.61 Å². The average Bonchev–Trinajstić information content (AvgIpc) is 3.21. The lowest BCUT2D eigenvalue weighted by atomic mass is 9.88. The molecule has 1 heterocycles. The Bertz CT molecular complexity index is 1320. The van der Waals surface area contributed by atoms with Crippen LogP contribution in [0.3, 0.4) is 0 Å². The number of hydrogen-bond donors (Lipinski definition) is 3. The second-order valence-electron chi connectivity index (χ2n) is 7.37. The summed E-state index contributed by atoms with van der Waals surface area (Å²) in [6.45, 7) is -0.789. The number of para-hydroxylation sites is 2. The maximum atomic E-state index is 15.1. The Balaban J connectivity index is 1.87. The van der Waals surface area contributed by atoms with E-state index in [9.17, 15) is 23.5 Å². The van der Waals surface area contributed by atoms with Crippen LogP contribution in [0.1, 0.15) is 44.1 Å². The third-order valence-electron chi connectivity index (χ3n) is 5.18. The van der Waals surface area contributed by atoms with E-state index in [1.165, 1.54) is 12.1 Å². The van der Waals surface area contributed by atoms with Gasteiger partial charge in [0.25, 0.3) is 0 Å². The highest BCUT2D eigenvalue weighted by atomic mass is 19.1. The van der Waals surface area contributed by atoms with Gasteiger partial charge in [-0.2, -0.15) is 0 Å². The smallest absolute Gasteiger partial charge is 0.184 e. The Labute approximate surface area is 185 Å². The molecule has 3 aromatic carbocycles. The highest BCUT2D eigenvalue weighted by molar-refractivity contribution is 6.20. The van der Waals surface area contributed by atoms with Gasteiger partial charge in [0.15, 0.2) is 11.6 Å². The molecule has 0 aliphatic carbocycles. The largest absolute Gasteiger partial charge is 0.393 e. The van der Waals surface area contributed by atoms with Gasteiger partial charge in [0.2, 0.25) is 0 Å². The quantitative estimate of drug-likeness (QED) is 0.291. The molecule has 2 unspecified atom stereocenters. The predicted molar refractivity (Wildman–Crippen MR) is 112 cm³/mol. The van der Waals surface area contributed by atoms with E-state index in [0.717, 1.165) is 18.2 Å². The molecule has 4 rings (SSSR count). The molecule has 4 aromatic rings. The van der Waals surface area contributed by atoms with Gasteiger partial charge in [-0.15, -0.1) is 0 Å². The van der Waals surface area contributed by atoms with Crippen molar-refractivity contribution in [3.05, 3.63) is 101 Å². The summed E-state index contributed by atoms with van der Waals surface area (Å²) in [4.78, 5) is 33.8. The van der Waals surface area contributed by atoms with Gasteiger partial charge in [0.05, 0.1) is 23.2 Å². The minimum atomic E-state index is -1.75. The number of aliphatic hydroxyl groups excluding tert-OH is 2. The number of rotatable bonds is 7. The van der Waals surface area contributed by atoms with E-state index < -0.39 is 58.8 Å². The fourth-order valence-corrected chi connectivity index (χ4v) is 3.59. The van der Waals surface area contributed by atoms with Crippen molar-refractivity contribution in [2.24, 2.45) is 0 Å². The zero-order valence-electron chi connectivity index (χ0n) is 16.9. The van der Waals surface area contributed by atoms with Gasteiger partial charge in [-0.05, 0) is 30.3 Å². The van der Waals surface area contributed by atoms with Crippen LogP contribution in [0.2, 0.25) is 0 Å². The van der Waals surface area contributed by atoms with Crippen LogP contribution in [0, 0.1) is 17.5 Å². The number of carbonyl (C=O) groups is 2. The molecule has 9 heteroatoms. The Hall–Kier alpha value is -3.82. The normalized spacial score (nSPS) is 13.1. The first-order chi connectivity index (χ1) is 15.8. The van der Waals surface area contributed by atoms with Crippen LogP contribution in [0.5, 0.6) is 0 Å². The summed E-state index contributed by atoms with van der Waals surface area (Å²) in [5.74, 6) is -7.08. The minimum Gasteiger partial charge on any atom is -0.393 e. The van der Waals surface area contributed by atoms with Crippen LogP contribution in [0.15, 0.2) is 60.7 Å². The van der Waals surface area contributed by atoms with Crippen molar-refractivity contribution in [2.45, 2.75) is 12.0 Å². The lowest BCUT2D eigenvalue weighted by molar-refractivity contribution is 0.0847. The molecule has 0 radical (unpaired) electrons. The van der Waals surface area contributed by atoms with Crippen molar-refractivity contribution in [1.82, 2.24) is 9.97 Å². The number of hydrogen-bond acceptors (Lipinski definition) is 5. The topological polar surface area (TPSA) is 103 Å². The SMILES string of the molecule is O=C(c1cc(F)cc(F)c1)C(C(=O)c1cccc(C(O)CO)c1F)c1nc2ccccc2[nH]1. The molecule has 2 atom stereocenters. The van der Waals surface area contributed by atoms with E-state index in [1.807, 2.05) is 0 Å². The van der Waals surface area contributed by atoms with E-state index in [-0.39, 0.29) is 11.4 Å². The van der Waals surface area contributed by atoms with Gasteiger partial charge < -0.3 is 15.2 Å². The molecule has 1 aromatic heterocycles. The molecule has 0 fully saturated rings. The third-order valence-corrected chi connectivity index (χ3v) is 5.18. The molecule has 3 N–H and O–H groups in total. The summed E-state index contributed by atoms with van der Waals surface area (Å²) in [5, 5.41) is 19.0. The fraction of sp³-hybridized carbons (Fsp3) is 0.125. The first kappa shape index (κ1) is 22.4. The third kappa shape index (κ3) is 4.28. The number of fused-ring (bicyclic) bond motifs is 1. The molecule has 6 nitrogen and oxygen atoms in total. The summed E-state index contributed by atoms with van der Waals surface area (Å²) in [6.07, 6.45) is -1.59. The molecule has 168 valence electrons. The van der Waals surface area contributed by atoms with Gasteiger partial charge in [-0.3, -0.25) is 9.59 Å². The zero-order valence-corrected chi connectivity index (χ0v) is 16.9. The van der Waals surface area contributed by atoms with Gasteiger partial charge in [0.1, 0.15) is 35.3 Å². The number of nitrogens with one attached hydrogen (secondary N) is 1. The van der Waals surface area contributed by atoms with Crippen LogP contribution < -0.4 is 0 Å². The van der Waals surface area contributed by atoms with Crippen molar-refractivity contribution in [3.8, 4) is 0 Å². The van der Waals surface area contributed by atoms with E-state index in [2.05, 4.69) is 9.97 Å².